The van der Waals surface area contributed by atoms with Gasteiger partial charge in [-0.1, -0.05) is 17.7 Å². The average molecular weight is 239 g/mol. The molecule has 0 spiro atoms. The monoisotopic (exact) mass is 238 g/mol. The Morgan fingerprint density at radius 3 is 2.94 bits per heavy atom. The summed E-state index contributed by atoms with van der Waals surface area (Å²) >= 11 is 5.95. The molecule has 0 radical (unpaired) electrons. The van der Waals surface area contributed by atoms with E-state index in [0.29, 0.717) is 11.6 Å². The van der Waals surface area contributed by atoms with E-state index >= 15 is 0 Å². The molecule has 1 aromatic carbocycles. The van der Waals surface area contributed by atoms with Gasteiger partial charge in [-0.05, 0) is 38.2 Å². The minimum Gasteiger partial charge on any atom is -0.311 e. The lowest BCUT2D eigenvalue weighted by atomic mass is 10.2. The molecular weight excluding hydrogens is 224 g/mol. The van der Waals surface area contributed by atoms with E-state index in [9.17, 15) is 4.79 Å². The third-order valence-electron chi connectivity index (χ3n) is 2.70. The molecule has 0 saturated heterocycles. The predicted octanol–water partition coefficient (Wildman–Crippen LogP) is 1.79. The molecule has 0 unspecified atom stereocenters. The van der Waals surface area contributed by atoms with Gasteiger partial charge >= 0.3 is 0 Å². The third kappa shape index (κ3) is 2.20. The summed E-state index contributed by atoms with van der Waals surface area (Å²) in [6.45, 7) is 1.20. The summed E-state index contributed by atoms with van der Waals surface area (Å²) in [6.07, 6.45) is 0.922. The van der Waals surface area contributed by atoms with Crippen molar-refractivity contribution in [2.75, 3.05) is 32.1 Å². The highest BCUT2D eigenvalue weighted by Gasteiger charge is 2.24. The Morgan fingerprint density at radius 2 is 2.25 bits per heavy atom. The first-order valence-electron chi connectivity index (χ1n) is 5.31. The van der Waals surface area contributed by atoms with E-state index in [1.165, 1.54) is 5.56 Å². The summed E-state index contributed by atoms with van der Waals surface area (Å²) in [7, 11) is 3.79. The molecule has 0 aliphatic carbocycles. The van der Waals surface area contributed by atoms with Crippen molar-refractivity contribution in [3.05, 3.63) is 28.8 Å². The van der Waals surface area contributed by atoms with E-state index in [1.807, 2.05) is 42.1 Å². The third-order valence-corrected chi connectivity index (χ3v) is 2.93. The van der Waals surface area contributed by atoms with Crippen molar-refractivity contribution in [3.8, 4) is 0 Å². The second-order valence-corrected chi connectivity index (χ2v) is 4.74. The maximum absolute atomic E-state index is 12.0. The van der Waals surface area contributed by atoms with E-state index in [0.717, 1.165) is 18.7 Å². The molecular formula is C12H15ClN2O. The second-order valence-electron chi connectivity index (χ2n) is 4.31. The molecule has 0 bridgehead atoms. The first-order valence-corrected chi connectivity index (χ1v) is 5.69. The Balaban J connectivity index is 2.22. The zero-order valence-electron chi connectivity index (χ0n) is 9.53. The van der Waals surface area contributed by atoms with Gasteiger partial charge in [0.25, 0.3) is 0 Å². The Hall–Kier alpha value is -1.06. The lowest BCUT2D eigenvalue weighted by Crippen LogP contribution is -2.36. The minimum absolute atomic E-state index is 0.131. The Kier molecular flexibility index (Phi) is 3.17. The quantitative estimate of drug-likeness (QED) is 0.785. The van der Waals surface area contributed by atoms with Crippen LogP contribution in [0.15, 0.2) is 18.2 Å². The Bertz CT molecular complexity index is 417. The fourth-order valence-electron chi connectivity index (χ4n) is 1.97. The SMILES string of the molecule is CN(C)CC(=O)N1CCc2ccc(Cl)cc21. The van der Waals surface area contributed by atoms with Crippen molar-refractivity contribution in [3.63, 3.8) is 0 Å². The lowest BCUT2D eigenvalue weighted by molar-refractivity contribution is -0.119. The van der Waals surface area contributed by atoms with Crippen molar-refractivity contribution in [1.29, 1.82) is 0 Å². The molecule has 0 N–H and O–H groups in total. The number of carbonyl (C=O) groups excluding carboxylic acids is 1. The number of nitrogens with zero attached hydrogens (tertiary/aromatic N) is 2. The number of rotatable bonds is 2. The number of hydrogen-bond donors (Lipinski definition) is 0. The smallest absolute Gasteiger partial charge is 0.241 e. The molecule has 0 saturated carbocycles. The molecule has 0 atom stereocenters. The zero-order chi connectivity index (χ0) is 11.7. The number of benzene rings is 1. The zero-order valence-corrected chi connectivity index (χ0v) is 10.3. The van der Waals surface area contributed by atoms with Gasteiger partial charge in [0.05, 0.1) is 6.54 Å². The molecule has 0 aromatic heterocycles. The van der Waals surface area contributed by atoms with Gasteiger partial charge in [0.15, 0.2) is 0 Å². The molecule has 1 aliphatic heterocycles. The van der Waals surface area contributed by atoms with Crippen molar-refractivity contribution >= 4 is 23.2 Å². The molecule has 1 aromatic rings. The average Bonchev–Trinajstić information content (AvgIpc) is 2.59. The van der Waals surface area contributed by atoms with Gasteiger partial charge in [0.1, 0.15) is 0 Å². The van der Waals surface area contributed by atoms with Crippen molar-refractivity contribution in [2.24, 2.45) is 0 Å². The van der Waals surface area contributed by atoms with Crippen LogP contribution in [0, 0.1) is 0 Å². The number of anilines is 1. The summed E-state index contributed by atoms with van der Waals surface area (Å²) in [5.74, 6) is 0.131. The van der Waals surface area contributed by atoms with Gasteiger partial charge in [0.2, 0.25) is 5.91 Å². The highest BCUT2D eigenvalue weighted by atomic mass is 35.5. The lowest BCUT2D eigenvalue weighted by Gasteiger charge is -2.19. The highest BCUT2D eigenvalue weighted by Crippen LogP contribution is 2.30. The fourth-order valence-corrected chi connectivity index (χ4v) is 2.13. The summed E-state index contributed by atoms with van der Waals surface area (Å²) in [6, 6.07) is 5.75. The van der Waals surface area contributed by atoms with Gasteiger partial charge in [-0.25, -0.2) is 0 Å². The standard InChI is InChI=1S/C12H15ClN2O/c1-14(2)8-12(16)15-6-5-9-3-4-10(13)7-11(9)15/h3-4,7H,5-6,8H2,1-2H3. The molecule has 1 aliphatic rings. The number of fused-ring (bicyclic) bond motifs is 1. The van der Waals surface area contributed by atoms with Crippen molar-refractivity contribution in [1.82, 2.24) is 4.90 Å². The minimum atomic E-state index is 0.131. The van der Waals surface area contributed by atoms with Crippen LogP contribution in [0.25, 0.3) is 0 Å². The number of likely N-dealkylation sites (N-methyl/N-ethyl adjacent to an activating group) is 1. The number of amides is 1. The van der Waals surface area contributed by atoms with E-state index < -0.39 is 0 Å². The molecule has 1 heterocycles. The van der Waals surface area contributed by atoms with Gasteiger partial charge in [-0.2, -0.15) is 0 Å². The normalized spacial score (nSPS) is 14.4. The van der Waals surface area contributed by atoms with Crippen molar-refractivity contribution < 1.29 is 4.79 Å². The summed E-state index contributed by atoms with van der Waals surface area (Å²) < 4.78 is 0. The molecule has 0 fully saturated rings. The van der Waals surface area contributed by atoms with Crippen LogP contribution in [-0.2, 0) is 11.2 Å². The molecule has 2 rings (SSSR count). The Morgan fingerprint density at radius 1 is 1.50 bits per heavy atom. The van der Waals surface area contributed by atoms with Crippen LogP contribution < -0.4 is 4.90 Å². The second kappa shape index (κ2) is 4.44. The van der Waals surface area contributed by atoms with Gasteiger partial charge < -0.3 is 9.80 Å². The summed E-state index contributed by atoms with van der Waals surface area (Å²) in [4.78, 5) is 15.7. The topological polar surface area (TPSA) is 23.6 Å². The summed E-state index contributed by atoms with van der Waals surface area (Å²) in [5.41, 5.74) is 2.18. The van der Waals surface area contributed by atoms with Crippen molar-refractivity contribution in [2.45, 2.75) is 6.42 Å². The number of carbonyl (C=O) groups is 1. The van der Waals surface area contributed by atoms with Gasteiger partial charge in [-0.15, -0.1) is 0 Å². The molecule has 86 valence electrons. The van der Waals surface area contributed by atoms with Crippen LogP contribution in [0.5, 0.6) is 0 Å². The first kappa shape index (κ1) is 11.4. The molecule has 1 amide bonds. The van der Waals surface area contributed by atoms with E-state index in [4.69, 9.17) is 11.6 Å². The maximum atomic E-state index is 12.0. The van der Waals surface area contributed by atoms with Crippen LogP contribution in [-0.4, -0.2) is 38.0 Å². The van der Waals surface area contributed by atoms with E-state index in [-0.39, 0.29) is 5.91 Å². The van der Waals surface area contributed by atoms with Crippen LogP contribution in [0.4, 0.5) is 5.69 Å². The largest absolute Gasteiger partial charge is 0.311 e. The molecule has 4 heteroatoms. The predicted molar refractivity (Wildman–Crippen MR) is 66.1 cm³/mol. The van der Waals surface area contributed by atoms with E-state index in [1.54, 1.807) is 0 Å². The van der Waals surface area contributed by atoms with Gasteiger partial charge in [0, 0.05) is 17.3 Å². The Labute approximate surface area is 101 Å². The first-order chi connectivity index (χ1) is 7.58. The fraction of sp³-hybridized carbons (Fsp3) is 0.417. The van der Waals surface area contributed by atoms with Gasteiger partial charge in [-0.3, -0.25) is 4.79 Å². The van der Waals surface area contributed by atoms with E-state index in [2.05, 4.69) is 0 Å². The van der Waals surface area contributed by atoms with Crippen LogP contribution in [0.2, 0.25) is 5.02 Å². The molecule has 3 nitrogen and oxygen atoms in total. The number of hydrogen-bond acceptors (Lipinski definition) is 2. The molecule has 16 heavy (non-hydrogen) atoms. The van der Waals surface area contributed by atoms with Crippen LogP contribution in [0.1, 0.15) is 5.56 Å². The maximum Gasteiger partial charge on any atom is 0.241 e. The highest BCUT2D eigenvalue weighted by molar-refractivity contribution is 6.31. The van der Waals surface area contributed by atoms with Crippen LogP contribution >= 0.6 is 11.6 Å². The number of halogens is 1. The van der Waals surface area contributed by atoms with Crippen LogP contribution in [0.3, 0.4) is 0 Å². The summed E-state index contributed by atoms with van der Waals surface area (Å²) in [5, 5.41) is 0.684.